The lowest BCUT2D eigenvalue weighted by Crippen LogP contribution is -2.02. The second kappa shape index (κ2) is 4.95. The van der Waals surface area contributed by atoms with Gasteiger partial charge in [-0.15, -0.1) is 0 Å². The molecule has 0 aliphatic carbocycles. The lowest BCUT2D eigenvalue weighted by molar-refractivity contribution is -0.0769. The highest BCUT2D eigenvalue weighted by Crippen LogP contribution is 2.20. The number of rotatable bonds is 4. The van der Waals surface area contributed by atoms with E-state index in [1.54, 1.807) is 19.2 Å². The van der Waals surface area contributed by atoms with Gasteiger partial charge in [0.05, 0.1) is 6.61 Å². The van der Waals surface area contributed by atoms with Crippen molar-refractivity contribution >= 4 is 5.69 Å². The quantitative estimate of drug-likeness (QED) is 0.559. The number of benzene rings is 1. The lowest BCUT2D eigenvalue weighted by Gasteiger charge is -2.11. The molecule has 1 atom stereocenters. The van der Waals surface area contributed by atoms with Crippen LogP contribution in [0.25, 0.3) is 0 Å². The van der Waals surface area contributed by atoms with Crippen LogP contribution < -0.4 is 5.73 Å². The fourth-order valence-corrected chi connectivity index (χ4v) is 1.19. The van der Waals surface area contributed by atoms with E-state index in [4.69, 9.17) is 15.2 Å². The zero-order valence-corrected chi connectivity index (χ0v) is 8.36. The normalized spacial score (nSPS) is 12.8. The fraction of sp³-hybridized carbons (Fsp3) is 0.400. The van der Waals surface area contributed by atoms with E-state index in [1.165, 1.54) is 7.11 Å². The topological polar surface area (TPSA) is 64.7 Å². The van der Waals surface area contributed by atoms with Crippen LogP contribution in [0.15, 0.2) is 18.2 Å². The standard InChI is InChI=1S/C10H15NO3/c1-13-6-8-4-3-7(5-9(8)11)10(12)14-2/h3-5,10,12H,6,11H2,1-2H3. The summed E-state index contributed by atoms with van der Waals surface area (Å²) in [5, 5.41) is 9.37. The highest BCUT2D eigenvalue weighted by Gasteiger charge is 2.07. The first-order valence-electron chi connectivity index (χ1n) is 4.27. The maximum atomic E-state index is 9.37. The van der Waals surface area contributed by atoms with Gasteiger partial charge < -0.3 is 20.3 Å². The molecule has 3 N–H and O–H groups in total. The SMILES string of the molecule is COCc1ccc(C(O)OC)cc1N. The zero-order valence-electron chi connectivity index (χ0n) is 8.36. The summed E-state index contributed by atoms with van der Waals surface area (Å²) >= 11 is 0. The highest BCUT2D eigenvalue weighted by molar-refractivity contribution is 5.49. The Morgan fingerprint density at radius 1 is 1.43 bits per heavy atom. The van der Waals surface area contributed by atoms with Gasteiger partial charge in [-0.05, 0) is 6.07 Å². The first kappa shape index (κ1) is 11.0. The molecule has 4 heteroatoms. The van der Waals surface area contributed by atoms with Crippen LogP contribution in [0, 0.1) is 0 Å². The smallest absolute Gasteiger partial charge is 0.180 e. The number of aliphatic hydroxyl groups is 1. The number of nitrogens with two attached hydrogens (primary N) is 1. The summed E-state index contributed by atoms with van der Waals surface area (Å²) < 4.78 is 9.72. The molecule has 14 heavy (non-hydrogen) atoms. The first-order chi connectivity index (χ1) is 6.69. The number of anilines is 1. The highest BCUT2D eigenvalue weighted by atomic mass is 16.6. The van der Waals surface area contributed by atoms with Crippen LogP contribution in [-0.4, -0.2) is 19.3 Å². The van der Waals surface area contributed by atoms with Gasteiger partial charge in [0.15, 0.2) is 6.29 Å². The van der Waals surface area contributed by atoms with Gasteiger partial charge in [-0.3, -0.25) is 0 Å². The third-order valence-electron chi connectivity index (χ3n) is 1.98. The van der Waals surface area contributed by atoms with Crippen LogP contribution in [0.5, 0.6) is 0 Å². The van der Waals surface area contributed by atoms with Gasteiger partial charge in [0, 0.05) is 31.0 Å². The Bertz CT molecular complexity index is 301. The Labute approximate surface area is 83.3 Å². The van der Waals surface area contributed by atoms with Crippen molar-refractivity contribution in [3.8, 4) is 0 Å². The van der Waals surface area contributed by atoms with Crippen LogP contribution >= 0.6 is 0 Å². The van der Waals surface area contributed by atoms with Crippen LogP contribution in [0.3, 0.4) is 0 Å². The first-order valence-corrected chi connectivity index (χ1v) is 4.27. The molecule has 0 aromatic heterocycles. The number of ether oxygens (including phenoxy) is 2. The molecular weight excluding hydrogens is 182 g/mol. The Kier molecular flexibility index (Phi) is 3.88. The van der Waals surface area contributed by atoms with Gasteiger partial charge in [0.2, 0.25) is 0 Å². The number of hydrogen-bond acceptors (Lipinski definition) is 4. The molecule has 1 rings (SSSR count). The molecule has 0 spiro atoms. The van der Waals surface area contributed by atoms with Crippen molar-refractivity contribution in [1.29, 1.82) is 0 Å². The zero-order chi connectivity index (χ0) is 10.6. The molecule has 1 unspecified atom stereocenters. The third-order valence-corrected chi connectivity index (χ3v) is 1.98. The van der Waals surface area contributed by atoms with Crippen molar-refractivity contribution in [2.75, 3.05) is 20.0 Å². The molecule has 1 aromatic rings. The minimum Gasteiger partial charge on any atom is -0.398 e. The van der Waals surface area contributed by atoms with Gasteiger partial charge >= 0.3 is 0 Å². The molecule has 0 fully saturated rings. The maximum absolute atomic E-state index is 9.37. The summed E-state index contributed by atoms with van der Waals surface area (Å²) in [7, 11) is 3.04. The van der Waals surface area contributed by atoms with Crippen molar-refractivity contribution in [1.82, 2.24) is 0 Å². The van der Waals surface area contributed by atoms with Gasteiger partial charge in [0.1, 0.15) is 0 Å². The predicted molar refractivity (Wildman–Crippen MR) is 53.5 cm³/mol. The van der Waals surface area contributed by atoms with E-state index in [-0.39, 0.29) is 0 Å². The van der Waals surface area contributed by atoms with Crippen LogP contribution in [0.1, 0.15) is 17.4 Å². The largest absolute Gasteiger partial charge is 0.398 e. The third kappa shape index (κ3) is 2.45. The second-order valence-electron chi connectivity index (χ2n) is 2.98. The lowest BCUT2D eigenvalue weighted by atomic mass is 10.1. The summed E-state index contributed by atoms with van der Waals surface area (Å²) in [5.41, 5.74) is 7.90. The van der Waals surface area contributed by atoms with Crippen molar-refractivity contribution in [2.24, 2.45) is 0 Å². The molecule has 0 saturated carbocycles. The Balaban J connectivity index is 2.88. The van der Waals surface area contributed by atoms with E-state index < -0.39 is 6.29 Å². The van der Waals surface area contributed by atoms with E-state index >= 15 is 0 Å². The summed E-state index contributed by atoms with van der Waals surface area (Å²) in [6.07, 6.45) is -0.922. The van der Waals surface area contributed by atoms with Crippen LogP contribution in [0.2, 0.25) is 0 Å². The summed E-state index contributed by atoms with van der Waals surface area (Å²) in [5.74, 6) is 0. The predicted octanol–water partition coefficient (Wildman–Crippen LogP) is 1.05. The molecule has 78 valence electrons. The average molecular weight is 197 g/mol. The minimum atomic E-state index is -0.922. The monoisotopic (exact) mass is 197 g/mol. The number of methoxy groups -OCH3 is 2. The van der Waals surface area contributed by atoms with E-state index in [9.17, 15) is 5.11 Å². The van der Waals surface area contributed by atoms with Gasteiger partial charge in [-0.1, -0.05) is 12.1 Å². The van der Waals surface area contributed by atoms with E-state index in [0.717, 1.165) is 5.56 Å². The fourth-order valence-electron chi connectivity index (χ4n) is 1.19. The van der Waals surface area contributed by atoms with Crippen molar-refractivity contribution in [2.45, 2.75) is 12.9 Å². The average Bonchev–Trinajstić information content (AvgIpc) is 2.20. The molecule has 0 aliphatic rings. The molecule has 0 saturated heterocycles. The van der Waals surface area contributed by atoms with Gasteiger partial charge in [-0.2, -0.15) is 0 Å². The molecule has 0 amide bonds. The molecule has 4 nitrogen and oxygen atoms in total. The van der Waals surface area contributed by atoms with Gasteiger partial charge in [0.25, 0.3) is 0 Å². The second-order valence-corrected chi connectivity index (χ2v) is 2.98. The number of aliphatic hydroxyl groups excluding tert-OH is 1. The van der Waals surface area contributed by atoms with E-state index in [2.05, 4.69) is 0 Å². The number of nitrogen functional groups attached to an aromatic ring is 1. The van der Waals surface area contributed by atoms with E-state index in [0.29, 0.717) is 17.9 Å². The molecule has 0 aliphatic heterocycles. The number of hydrogen-bond donors (Lipinski definition) is 2. The molecule has 0 bridgehead atoms. The Morgan fingerprint density at radius 3 is 2.64 bits per heavy atom. The summed E-state index contributed by atoms with van der Waals surface area (Å²) in [6, 6.07) is 5.26. The van der Waals surface area contributed by atoms with Crippen LogP contribution in [-0.2, 0) is 16.1 Å². The van der Waals surface area contributed by atoms with Crippen LogP contribution in [0.4, 0.5) is 5.69 Å². The minimum absolute atomic E-state index is 0.467. The van der Waals surface area contributed by atoms with Crippen molar-refractivity contribution < 1.29 is 14.6 Å². The molecule has 1 aromatic carbocycles. The summed E-state index contributed by atoms with van der Waals surface area (Å²) in [6.45, 7) is 0.467. The Morgan fingerprint density at radius 2 is 2.14 bits per heavy atom. The van der Waals surface area contributed by atoms with Crippen molar-refractivity contribution in [3.05, 3.63) is 29.3 Å². The molecule has 0 heterocycles. The Hall–Kier alpha value is -1.10. The maximum Gasteiger partial charge on any atom is 0.180 e. The van der Waals surface area contributed by atoms with Crippen molar-refractivity contribution in [3.63, 3.8) is 0 Å². The summed E-state index contributed by atoms with van der Waals surface area (Å²) in [4.78, 5) is 0. The molecule has 0 radical (unpaired) electrons. The van der Waals surface area contributed by atoms with Gasteiger partial charge in [-0.25, -0.2) is 0 Å². The van der Waals surface area contributed by atoms with E-state index in [1.807, 2.05) is 6.07 Å². The molecular formula is C10H15NO3.